The van der Waals surface area contributed by atoms with Gasteiger partial charge in [0, 0.05) is 11.5 Å². The minimum absolute atomic E-state index is 0.0581. The lowest BCUT2D eigenvalue weighted by atomic mass is 10.1. The topological polar surface area (TPSA) is 12.0 Å². The zero-order valence-corrected chi connectivity index (χ0v) is 10.2. The highest BCUT2D eigenvalue weighted by Gasteiger charge is 2.12. The van der Waals surface area contributed by atoms with Crippen molar-refractivity contribution in [2.24, 2.45) is 0 Å². The zero-order chi connectivity index (χ0) is 12.4. The summed E-state index contributed by atoms with van der Waals surface area (Å²) < 4.78 is 26.7. The van der Waals surface area contributed by atoms with E-state index in [-0.39, 0.29) is 11.4 Å². The summed E-state index contributed by atoms with van der Waals surface area (Å²) in [5.41, 5.74) is 1.05. The van der Waals surface area contributed by atoms with Crippen LogP contribution in [0.1, 0.15) is 5.56 Å². The lowest BCUT2D eigenvalue weighted by Crippen LogP contribution is -2.21. The normalized spacial score (nSPS) is 15.6. The Morgan fingerprint density at radius 3 is 2.65 bits per heavy atom. The second-order valence-electron chi connectivity index (χ2n) is 3.70. The van der Waals surface area contributed by atoms with Gasteiger partial charge in [-0.1, -0.05) is 29.3 Å². The van der Waals surface area contributed by atoms with Crippen molar-refractivity contribution in [3.05, 3.63) is 57.2 Å². The minimum atomic E-state index is -0.505. The molecule has 0 saturated carbocycles. The third kappa shape index (κ3) is 2.99. The van der Waals surface area contributed by atoms with Gasteiger partial charge in [-0.2, -0.15) is 0 Å². The van der Waals surface area contributed by atoms with Gasteiger partial charge in [0.15, 0.2) is 0 Å². The fourth-order valence-electron chi connectivity index (χ4n) is 1.55. The first-order valence-corrected chi connectivity index (χ1v) is 5.74. The molecule has 0 fully saturated rings. The third-order valence-electron chi connectivity index (χ3n) is 2.41. The molecule has 90 valence electrons. The molecule has 1 aromatic rings. The molecule has 0 aliphatic carbocycles. The fourth-order valence-corrected chi connectivity index (χ4v) is 1.83. The summed E-state index contributed by atoms with van der Waals surface area (Å²) >= 11 is 11.2. The summed E-state index contributed by atoms with van der Waals surface area (Å²) in [4.78, 5) is 0. The first kappa shape index (κ1) is 12.4. The molecule has 0 spiro atoms. The molecule has 5 heteroatoms. The van der Waals surface area contributed by atoms with E-state index in [4.69, 9.17) is 23.2 Å². The molecule has 0 atom stereocenters. The van der Waals surface area contributed by atoms with E-state index in [0.717, 1.165) is 0 Å². The van der Waals surface area contributed by atoms with Gasteiger partial charge in [0.05, 0.1) is 17.3 Å². The fraction of sp³-hybridized carbons (Fsp3) is 0.167. The van der Waals surface area contributed by atoms with Crippen molar-refractivity contribution in [3.8, 4) is 0 Å². The van der Waals surface area contributed by atoms with Gasteiger partial charge in [0.1, 0.15) is 11.6 Å². The van der Waals surface area contributed by atoms with Crippen LogP contribution >= 0.6 is 23.2 Å². The van der Waals surface area contributed by atoms with Crippen molar-refractivity contribution < 1.29 is 8.78 Å². The zero-order valence-electron chi connectivity index (χ0n) is 8.74. The number of hydrogen-bond donors (Lipinski definition) is 1. The molecule has 17 heavy (non-hydrogen) atoms. The first-order valence-electron chi connectivity index (χ1n) is 4.99. The van der Waals surface area contributed by atoms with E-state index in [0.29, 0.717) is 22.8 Å². The highest BCUT2D eigenvalue weighted by molar-refractivity contribution is 6.30. The van der Waals surface area contributed by atoms with E-state index in [1.54, 1.807) is 6.07 Å². The van der Waals surface area contributed by atoms with Crippen LogP contribution in [-0.2, 0) is 6.42 Å². The third-order valence-corrected chi connectivity index (χ3v) is 2.96. The Morgan fingerprint density at radius 1 is 1.24 bits per heavy atom. The molecular formula is C12H9Cl2F2N. The Bertz CT molecular complexity index is 509. The van der Waals surface area contributed by atoms with Crippen LogP contribution in [0.5, 0.6) is 0 Å². The molecule has 0 radical (unpaired) electrons. The summed E-state index contributed by atoms with van der Waals surface area (Å²) in [6.07, 6.45) is 1.54. The van der Waals surface area contributed by atoms with E-state index < -0.39 is 11.6 Å². The van der Waals surface area contributed by atoms with Gasteiger partial charge in [-0.25, -0.2) is 8.78 Å². The highest BCUT2D eigenvalue weighted by atomic mass is 35.5. The summed E-state index contributed by atoms with van der Waals surface area (Å²) in [6, 6.07) is 4.41. The molecule has 0 aromatic heterocycles. The molecule has 1 nitrogen and oxygen atoms in total. The van der Waals surface area contributed by atoms with Crippen molar-refractivity contribution in [1.82, 2.24) is 5.32 Å². The Kier molecular flexibility index (Phi) is 3.69. The molecule has 1 N–H and O–H groups in total. The summed E-state index contributed by atoms with van der Waals surface area (Å²) in [6.45, 7) is 0.389. The standard InChI is InChI=1S/C12H9Cl2F2N/c13-8-5-11(16)12(17-6-8)4-7-1-2-9(14)10(15)3-7/h1-3,5,17H,4,6H2. The quantitative estimate of drug-likeness (QED) is 0.863. The maximum absolute atomic E-state index is 13.5. The van der Waals surface area contributed by atoms with Crippen LogP contribution in [0.4, 0.5) is 8.78 Å². The summed E-state index contributed by atoms with van der Waals surface area (Å²) in [7, 11) is 0. The number of dihydropyridines is 1. The Morgan fingerprint density at radius 2 is 2.00 bits per heavy atom. The molecule has 0 saturated heterocycles. The summed E-state index contributed by atoms with van der Waals surface area (Å²) in [5.74, 6) is -0.925. The lowest BCUT2D eigenvalue weighted by Gasteiger charge is -2.15. The molecule has 1 aliphatic heterocycles. The minimum Gasteiger partial charge on any atom is -0.381 e. The van der Waals surface area contributed by atoms with Crippen LogP contribution in [-0.4, -0.2) is 6.54 Å². The van der Waals surface area contributed by atoms with Crippen LogP contribution in [0.3, 0.4) is 0 Å². The van der Waals surface area contributed by atoms with Crippen LogP contribution < -0.4 is 5.32 Å². The van der Waals surface area contributed by atoms with Crippen LogP contribution in [0, 0.1) is 5.82 Å². The monoisotopic (exact) mass is 275 g/mol. The van der Waals surface area contributed by atoms with Crippen molar-refractivity contribution in [2.45, 2.75) is 6.42 Å². The van der Waals surface area contributed by atoms with Gasteiger partial charge in [0.2, 0.25) is 0 Å². The van der Waals surface area contributed by atoms with Crippen LogP contribution in [0.2, 0.25) is 5.02 Å². The van der Waals surface area contributed by atoms with Gasteiger partial charge in [-0.05, 0) is 23.8 Å². The number of halogens is 4. The molecule has 1 aromatic carbocycles. The number of rotatable bonds is 2. The van der Waals surface area contributed by atoms with E-state index in [1.165, 1.54) is 18.2 Å². The van der Waals surface area contributed by atoms with Crippen molar-refractivity contribution in [1.29, 1.82) is 0 Å². The maximum atomic E-state index is 13.5. The number of nitrogens with one attached hydrogen (secondary N) is 1. The van der Waals surface area contributed by atoms with Crippen LogP contribution in [0.15, 0.2) is 40.8 Å². The molecule has 0 amide bonds. The predicted octanol–water partition coefficient (Wildman–Crippen LogP) is 3.93. The summed E-state index contributed by atoms with van der Waals surface area (Å²) in [5, 5.41) is 3.32. The largest absolute Gasteiger partial charge is 0.381 e. The smallest absolute Gasteiger partial charge is 0.143 e. The van der Waals surface area contributed by atoms with E-state index in [9.17, 15) is 8.78 Å². The number of hydrogen-bond acceptors (Lipinski definition) is 1. The van der Waals surface area contributed by atoms with Gasteiger partial charge in [-0.15, -0.1) is 0 Å². The van der Waals surface area contributed by atoms with E-state index in [2.05, 4.69) is 5.32 Å². The second-order valence-corrected chi connectivity index (χ2v) is 4.59. The highest BCUT2D eigenvalue weighted by Crippen LogP contribution is 2.21. The second kappa shape index (κ2) is 5.07. The Labute approximate surface area is 108 Å². The molecular weight excluding hydrogens is 267 g/mol. The molecule has 0 bridgehead atoms. The van der Waals surface area contributed by atoms with E-state index >= 15 is 0 Å². The van der Waals surface area contributed by atoms with Crippen molar-refractivity contribution >= 4 is 23.2 Å². The molecule has 0 unspecified atom stereocenters. The lowest BCUT2D eigenvalue weighted by molar-refractivity contribution is 0.611. The average molecular weight is 276 g/mol. The Hall–Kier alpha value is -1.06. The SMILES string of the molecule is FC1=C(Cc2ccc(Cl)c(F)c2)NCC(Cl)=C1. The predicted molar refractivity (Wildman–Crippen MR) is 65.2 cm³/mol. The molecule has 1 heterocycles. The first-order chi connectivity index (χ1) is 8.06. The van der Waals surface area contributed by atoms with Gasteiger partial charge in [-0.3, -0.25) is 0 Å². The number of allylic oxidation sites excluding steroid dienone is 3. The van der Waals surface area contributed by atoms with Crippen molar-refractivity contribution in [3.63, 3.8) is 0 Å². The van der Waals surface area contributed by atoms with Gasteiger partial charge in [0.25, 0.3) is 0 Å². The van der Waals surface area contributed by atoms with E-state index in [1.807, 2.05) is 0 Å². The van der Waals surface area contributed by atoms with Crippen molar-refractivity contribution in [2.75, 3.05) is 6.54 Å². The van der Waals surface area contributed by atoms with Gasteiger partial charge >= 0.3 is 0 Å². The van der Waals surface area contributed by atoms with Crippen LogP contribution in [0.25, 0.3) is 0 Å². The Balaban J connectivity index is 2.21. The molecule has 2 rings (SSSR count). The molecule has 1 aliphatic rings. The average Bonchev–Trinajstić information content (AvgIpc) is 2.27. The maximum Gasteiger partial charge on any atom is 0.143 e. The van der Waals surface area contributed by atoms with Gasteiger partial charge < -0.3 is 5.32 Å². The number of benzene rings is 1.